The van der Waals surface area contributed by atoms with Crippen LogP contribution in [0.1, 0.15) is 30.9 Å². The fourth-order valence-electron chi connectivity index (χ4n) is 5.30. The number of hydrogen-bond donors (Lipinski definition) is 0. The maximum atomic E-state index is 2.48. The second-order valence-corrected chi connectivity index (χ2v) is 11.3. The number of fused-ring (bicyclic) bond motifs is 6. The first kappa shape index (κ1) is 19.7. The quantitative estimate of drug-likeness (QED) is 0.182. The Morgan fingerprint density at radius 2 is 1.38 bits per heavy atom. The molecule has 0 N–H and O–H groups in total. The van der Waals surface area contributed by atoms with Crippen molar-refractivity contribution in [2.45, 2.75) is 26.7 Å². The van der Waals surface area contributed by atoms with Gasteiger partial charge in [-0.15, -0.1) is 0 Å². The molecule has 0 aliphatic rings. The molecule has 4 aromatic carbocycles. The minimum atomic E-state index is 0.291. The van der Waals surface area contributed by atoms with Gasteiger partial charge in [-0.2, -0.15) is 0 Å². The van der Waals surface area contributed by atoms with Crippen LogP contribution in [0, 0.1) is 6.92 Å². The molecule has 0 saturated heterocycles. The van der Waals surface area contributed by atoms with Crippen molar-refractivity contribution in [2.24, 2.45) is 7.05 Å². The molecule has 0 radical (unpaired) electrons. The van der Waals surface area contributed by atoms with E-state index in [9.17, 15) is 0 Å². The van der Waals surface area contributed by atoms with Crippen molar-refractivity contribution in [1.82, 2.24) is 0 Å². The van der Waals surface area contributed by atoms with Gasteiger partial charge in [-0.25, -0.2) is 0 Å². The zero-order chi connectivity index (χ0) is 22.0. The standard InChI is InChI=1S/C30H26NSe/c1-18(2)24-17-25(19(3)20-11-5-6-12-21(20)24)29-30-28(23-14-8-10-16-27(23)32-30)22-13-7-9-15-26(22)31(29)4/h5-18H,1-4H3/q+1. The molecule has 156 valence electrons. The van der Waals surface area contributed by atoms with Crippen LogP contribution in [0.5, 0.6) is 0 Å². The van der Waals surface area contributed by atoms with E-state index in [1.165, 1.54) is 63.4 Å². The summed E-state index contributed by atoms with van der Waals surface area (Å²) in [6.07, 6.45) is 0. The van der Waals surface area contributed by atoms with E-state index < -0.39 is 0 Å². The third-order valence-electron chi connectivity index (χ3n) is 6.90. The van der Waals surface area contributed by atoms with Crippen LogP contribution in [-0.4, -0.2) is 14.5 Å². The van der Waals surface area contributed by atoms with E-state index in [0.29, 0.717) is 20.4 Å². The Morgan fingerprint density at radius 3 is 2.12 bits per heavy atom. The first-order valence-electron chi connectivity index (χ1n) is 11.3. The van der Waals surface area contributed by atoms with Crippen LogP contribution in [-0.2, 0) is 7.05 Å². The average Bonchev–Trinajstić information content (AvgIpc) is 3.20. The normalized spacial score (nSPS) is 12.0. The summed E-state index contributed by atoms with van der Waals surface area (Å²) in [5.41, 5.74) is 6.88. The van der Waals surface area contributed by atoms with Gasteiger partial charge in [-0.3, -0.25) is 0 Å². The summed E-state index contributed by atoms with van der Waals surface area (Å²) in [7, 11) is 2.25. The van der Waals surface area contributed by atoms with Gasteiger partial charge in [0, 0.05) is 0 Å². The number of benzene rings is 4. The van der Waals surface area contributed by atoms with Crippen molar-refractivity contribution < 1.29 is 4.57 Å². The van der Waals surface area contributed by atoms with Gasteiger partial charge >= 0.3 is 195 Å². The summed E-state index contributed by atoms with van der Waals surface area (Å²) in [5.74, 6) is 0.473. The Bertz CT molecular complexity index is 1670. The number of hydrogen-bond acceptors (Lipinski definition) is 0. The third-order valence-corrected chi connectivity index (χ3v) is 9.37. The molecule has 6 rings (SSSR count). The molecular weight excluding hydrogens is 453 g/mol. The van der Waals surface area contributed by atoms with E-state index in [1.54, 1.807) is 0 Å². The number of nitrogens with zero attached hydrogens (tertiary/aromatic N) is 1. The zero-order valence-electron chi connectivity index (χ0n) is 18.9. The second-order valence-electron chi connectivity index (χ2n) is 9.07. The Labute approximate surface area is 194 Å². The predicted molar refractivity (Wildman–Crippen MR) is 139 cm³/mol. The molecular formula is C30H26NSe+. The minimum absolute atomic E-state index is 0.291. The summed E-state index contributed by atoms with van der Waals surface area (Å²) < 4.78 is 5.46. The van der Waals surface area contributed by atoms with Gasteiger partial charge in [0.25, 0.3) is 0 Å². The molecule has 0 fully saturated rings. The van der Waals surface area contributed by atoms with Crippen LogP contribution in [0.4, 0.5) is 0 Å². The Morgan fingerprint density at radius 1 is 0.750 bits per heavy atom. The summed E-state index contributed by atoms with van der Waals surface area (Å²) in [5, 5.41) is 6.99. The van der Waals surface area contributed by atoms with Crippen molar-refractivity contribution in [3.8, 4) is 11.3 Å². The average molecular weight is 480 g/mol. The predicted octanol–water partition coefficient (Wildman–Crippen LogP) is 7.28. The number of aromatic nitrogens is 1. The number of rotatable bonds is 2. The van der Waals surface area contributed by atoms with Crippen LogP contribution >= 0.6 is 0 Å². The number of aryl methyl sites for hydroxylation is 2. The van der Waals surface area contributed by atoms with Crippen molar-refractivity contribution in [2.75, 3.05) is 0 Å². The Hall–Kier alpha value is -2.93. The number of para-hydroxylation sites is 1. The van der Waals surface area contributed by atoms with Gasteiger partial charge in [-0.05, 0) is 0 Å². The fraction of sp³-hybridized carbons (Fsp3) is 0.167. The summed E-state index contributed by atoms with van der Waals surface area (Å²) in [6.45, 7) is 6.93. The molecule has 0 saturated carbocycles. The molecule has 0 aliphatic heterocycles. The van der Waals surface area contributed by atoms with Gasteiger partial charge in [0.15, 0.2) is 0 Å². The fourth-order valence-corrected chi connectivity index (χ4v) is 8.06. The van der Waals surface area contributed by atoms with E-state index in [2.05, 4.69) is 111 Å². The topological polar surface area (TPSA) is 3.88 Å². The first-order valence-corrected chi connectivity index (χ1v) is 13.0. The van der Waals surface area contributed by atoms with Crippen molar-refractivity contribution >= 4 is 55.5 Å². The van der Waals surface area contributed by atoms with Gasteiger partial charge in [0.1, 0.15) is 0 Å². The first-order chi connectivity index (χ1) is 15.6. The molecule has 1 nitrogen and oxygen atoms in total. The van der Waals surface area contributed by atoms with Crippen LogP contribution in [0.25, 0.3) is 52.2 Å². The van der Waals surface area contributed by atoms with E-state index in [0.717, 1.165) is 0 Å². The molecule has 2 heteroatoms. The second kappa shape index (κ2) is 7.30. The van der Waals surface area contributed by atoms with Crippen LogP contribution in [0.3, 0.4) is 0 Å². The van der Waals surface area contributed by atoms with E-state index in [4.69, 9.17) is 0 Å². The molecule has 6 aromatic rings. The van der Waals surface area contributed by atoms with Crippen LogP contribution in [0.15, 0.2) is 78.9 Å². The van der Waals surface area contributed by atoms with Crippen LogP contribution in [0.2, 0.25) is 0 Å². The van der Waals surface area contributed by atoms with E-state index in [1.807, 2.05) is 0 Å². The molecule has 0 spiro atoms. The van der Waals surface area contributed by atoms with Crippen molar-refractivity contribution in [1.29, 1.82) is 0 Å². The van der Waals surface area contributed by atoms with Gasteiger partial charge in [0.05, 0.1) is 0 Å². The molecule has 0 atom stereocenters. The molecule has 0 aliphatic carbocycles. The molecule has 0 bridgehead atoms. The SMILES string of the molecule is Cc1c(-c2c3[se]c4ccccc4c3c3ccccc3[n+]2C)cc(C(C)C)c2ccccc12. The van der Waals surface area contributed by atoms with E-state index in [-0.39, 0.29) is 0 Å². The van der Waals surface area contributed by atoms with Gasteiger partial charge in [0.2, 0.25) is 0 Å². The monoisotopic (exact) mass is 480 g/mol. The molecule has 0 amide bonds. The molecule has 32 heavy (non-hydrogen) atoms. The van der Waals surface area contributed by atoms with Gasteiger partial charge in [-0.1, -0.05) is 0 Å². The summed E-state index contributed by atoms with van der Waals surface area (Å²) >= 11 is 0.291. The third kappa shape index (κ3) is 2.73. The summed E-state index contributed by atoms with van der Waals surface area (Å²) in [6, 6.07) is 29.3. The Kier molecular flexibility index (Phi) is 4.50. The van der Waals surface area contributed by atoms with E-state index >= 15 is 0 Å². The molecule has 2 aromatic heterocycles. The van der Waals surface area contributed by atoms with Crippen molar-refractivity contribution in [3.05, 3.63) is 90.0 Å². The number of pyridine rings is 1. The van der Waals surface area contributed by atoms with Crippen molar-refractivity contribution in [3.63, 3.8) is 0 Å². The van der Waals surface area contributed by atoms with Gasteiger partial charge < -0.3 is 0 Å². The maximum absolute atomic E-state index is 2.48. The summed E-state index contributed by atoms with van der Waals surface area (Å²) in [4.78, 5) is 0. The zero-order valence-corrected chi connectivity index (χ0v) is 20.7. The Balaban J connectivity index is 1.86. The molecule has 2 heterocycles. The molecule has 0 unspecified atom stereocenters. The van der Waals surface area contributed by atoms with Crippen LogP contribution < -0.4 is 4.57 Å².